The summed E-state index contributed by atoms with van der Waals surface area (Å²) < 4.78 is 5.51. The van der Waals surface area contributed by atoms with Crippen LogP contribution in [0.1, 0.15) is 102 Å². The molecule has 11 nitrogen and oxygen atoms in total. The number of aliphatic carboxylic acids is 1. The third kappa shape index (κ3) is 17.8. The molecule has 0 bridgehead atoms. The molecule has 0 aromatic carbocycles. The average molecular weight is 884 g/mol. The van der Waals surface area contributed by atoms with Crippen LogP contribution in [0.15, 0.2) is 130 Å². The smallest absolute Gasteiger partial charge is 0.326 e. The Morgan fingerprint density at radius 2 is 1.24 bits per heavy atom. The Bertz CT molecular complexity index is 2100. The first-order valence-corrected chi connectivity index (χ1v) is 22.0. The van der Waals surface area contributed by atoms with Crippen molar-refractivity contribution >= 4 is 47.9 Å². The molecule has 0 spiro atoms. The molecule has 342 valence electrons. The summed E-state index contributed by atoms with van der Waals surface area (Å²) in [6, 6.07) is -2.29. The highest BCUT2D eigenvalue weighted by Crippen LogP contribution is 2.42. The van der Waals surface area contributed by atoms with Crippen molar-refractivity contribution in [2.24, 2.45) is 22.5 Å². The molecule has 0 radical (unpaired) electrons. The SMILES string of the molecule is CC1=C(/C=C/C(C)=C/C=C/C(C)=C/C=C/C=C(C)/C=C/C=C(C)/C=C/C2=C(C)C(=O)C(OC(=O)CNC(=O)C(CS)NC(=O)CCC(N)C(=O)O)CC2(C)C)C(C)(C)CC(C)C1=O. The van der Waals surface area contributed by atoms with Crippen molar-refractivity contribution in [2.75, 3.05) is 12.3 Å². The maximum Gasteiger partial charge on any atom is 0.326 e. The van der Waals surface area contributed by atoms with Crippen LogP contribution in [0.25, 0.3) is 0 Å². The minimum atomic E-state index is -1.24. The van der Waals surface area contributed by atoms with E-state index in [4.69, 9.17) is 15.6 Å². The van der Waals surface area contributed by atoms with Crippen LogP contribution in [0.3, 0.4) is 0 Å². The lowest BCUT2D eigenvalue weighted by Crippen LogP contribution is -2.49. The third-order valence-corrected chi connectivity index (χ3v) is 11.4. The number of allylic oxidation sites excluding steroid dienone is 21. The molecule has 63 heavy (non-hydrogen) atoms. The van der Waals surface area contributed by atoms with E-state index in [1.54, 1.807) is 6.92 Å². The summed E-state index contributed by atoms with van der Waals surface area (Å²) in [5.41, 5.74) is 12.4. The molecule has 0 aromatic heterocycles. The zero-order valence-corrected chi connectivity index (χ0v) is 39.9. The van der Waals surface area contributed by atoms with Crippen LogP contribution in [-0.2, 0) is 33.5 Å². The zero-order valence-electron chi connectivity index (χ0n) is 39.0. The van der Waals surface area contributed by atoms with E-state index in [2.05, 4.69) is 68.3 Å². The van der Waals surface area contributed by atoms with Crippen molar-refractivity contribution in [2.45, 2.75) is 120 Å². The molecule has 0 aromatic rings. The minimum Gasteiger partial charge on any atom is -0.480 e. The fourth-order valence-electron chi connectivity index (χ4n) is 7.45. The van der Waals surface area contributed by atoms with E-state index in [0.717, 1.165) is 45.4 Å². The number of hydrogen-bond acceptors (Lipinski definition) is 9. The molecular formula is C51H69N3O8S. The van der Waals surface area contributed by atoms with Gasteiger partial charge in [0, 0.05) is 24.5 Å². The summed E-state index contributed by atoms with van der Waals surface area (Å²) in [5, 5.41) is 13.7. The van der Waals surface area contributed by atoms with Gasteiger partial charge in [-0.2, -0.15) is 12.6 Å². The van der Waals surface area contributed by atoms with Crippen molar-refractivity contribution in [3.05, 3.63) is 130 Å². The number of esters is 1. The predicted octanol–water partition coefficient (Wildman–Crippen LogP) is 8.45. The van der Waals surface area contributed by atoms with Gasteiger partial charge in [0.25, 0.3) is 0 Å². The van der Waals surface area contributed by atoms with Gasteiger partial charge in [-0.1, -0.05) is 142 Å². The van der Waals surface area contributed by atoms with Gasteiger partial charge in [-0.15, -0.1) is 0 Å². The Morgan fingerprint density at radius 1 is 0.778 bits per heavy atom. The first-order valence-electron chi connectivity index (χ1n) is 21.3. The van der Waals surface area contributed by atoms with Crippen molar-refractivity contribution in [1.82, 2.24) is 10.6 Å². The van der Waals surface area contributed by atoms with Gasteiger partial charge in [0.1, 0.15) is 18.6 Å². The number of thiol groups is 1. The first-order chi connectivity index (χ1) is 29.4. The van der Waals surface area contributed by atoms with E-state index in [1.807, 2.05) is 109 Å². The fraction of sp³-hybridized carbons (Fsp3) is 0.451. The second kappa shape index (κ2) is 25.1. The highest BCUT2D eigenvalue weighted by atomic mass is 32.1. The topological polar surface area (TPSA) is 182 Å². The molecule has 0 heterocycles. The zero-order chi connectivity index (χ0) is 47.7. The monoisotopic (exact) mass is 883 g/mol. The van der Waals surface area contributed by atoms with E-state index in [0.29, 0.717) is 5.57 Å². The Balaban J connectivity index is 1.94. The molecule has 4 atom stereocenters. The molecule has 12 heteroatoms. The first kappa shape index (κ1) is 53.8. The Morgan fingerprint density at radius 3 is 1.73 bits per heavy atom. The number of nitrogens with one attached hydrogen (secondary N) is 2. The Hall–Kier alpha value is -5.33. The number of Topliss-reactive ketones (excluding diaryl/α,β-unsaturated/α-hetero) is 2. The molecule has 0 fully saturated rings. The Kier molecular flexibility index (Phi) is 21.4. The number of ether oxygens (including phenoxy) is 1. The number of rotatable bonds is 20. The van der Waals surface area contributed by atoms with Crippen LogP contribution >= 0.6 is 12.6 Å². The number of ketones is 2. The number of hydrogen-bond donors (Lipinski definition) is 5. The number of carbonyl (C=O) groups excluding carboxylic acids is 5. The summed E-state index contributed by atoms with van der Waals surface area (Å²) in [6.07, 6.45) is 28.0. The number of carbonyl (C=O) groups is 6. The van der Waals surface area contributed by atoms with Gasteiger partial charge in [0.05, 0.1) is 0 Å². The van der Waals surface area contributed by atoms with Crippen molar-refractivity contribution in [3.8, 4) is 0 Å². The lowest BCUT2D eigenvalue weighted by molar-refractivity contribution is -0.155. The fourth-order valence-corrected chi connectivity index (χ4v) is 7.70. The van der Waals surface area contributed by atoms with Crippen molar-refractivity contribution < 1.29 is 38.6 Å². The van der Waals surface area contributed by atoms with Gasteiger partial charge < -0.3 is 26.2 Å². The van der Waals surface area contributed by atoms with E-state index in [1.165, 1.54) is 0 Å². The van der Waals surface area contributed by atoms with Gasteiger partial charge in [0.15, 0.2) is 17.7 Å². The van der Waals surface area contributed by atoms with E-state index >= 15 is 0 Å². The quantitative estimate of drug-likeness (QED) is 0.0455. The number of carboxylic acids is 1. The van der Waals surface area contributed by atoms with Crippen LogP contribution in [0, 0.1) is 16.7 Å². The van der Waals surface area contributed by atoms with Gasteiger partial charge in [-0.05, 0) is 87.5 Å². The van der Waals surface area contributed by atoms with Crippen LogP contribution in [-0.4, -0.2) is 70.9 Å². The van der Waals surface area contributed by atoms with Gasteiger partial charge >= 0.3 is 11.9 Å². The van der Waals surface area contributed by atoms with E-state index in [9.17, 15) is 28.8 Å². The third-order valence-electron chi connectivity index (χ3n) is 11.1. The molecule has 2 aliphatic rings. The van der Waals surface area contributed by atoms with Gasteiger partial charge in [-0.3, -0.25) is 28.8 Å². The maximum atomic E-state index is 13.3. The number of amides is 2. The molecule has 0 aliphatic heterocycles. The molecule has 2 aliphatic carbocycles. The van der Waals surface area contributed by atoms with E-state index < -0.39 is 53.9 Å². The van der Waals surface area contributed by atoms with Gasteiger partial charge in [0.2, 0.25) is 11.8 Å². The number of nitrogens with two attached hydrogens (primary N) is 1. The second-order valence-electron chi connectivity index (χ2n) is 17.8. The summed E-state index contributed by atoms with van der Waals surface area (Å²) in [4.78, 5) is 74.2. The predicted molar refractivity (Wildman–Crippen MR) is 256 cm³/mol. The summed E-state index contributed by atoms with van der Waals surface area (Å²) in [7, 11) is 0. The summed E-state index contributed by atoms with van der Waals surface area (Å²) in [5.74, 6) is -3.40. The normalized spacial score (nSPS) is 21.3. The van der Waals surface area contributed by atoms with Crippen LogP contribution in [0.4, 0.5) is 0 Å². The summed E-state index contributed by atoms with van der Waals surface area (Å²) >= 11 is 4.09. The van der Waals surface area contributed by atoms with E-state index in [-0.39, 0.29) is 47.9 Å². The van der Waals surface area contributed by atoms with Crippen LogP contribution in [0.5, 0.6) is 0 Å². The minimum absolute atomic E-state index is 0.0285. The van der Waals surface area contributed by atoms with Crippen molar-refractivity contribution in [1.29, 1.82) is 0 Å². The van der Waals surface area contributed by atoms with Gasteiger partial charge in [-0.25, -0.2) is 0 Å². The molecule has 5 N–H and O–H groups in total. The van der Waals surface area contributed by atoms with Crippen LogP contribution in [0.2, 0.25) is 0 Å². The lowest BCUT2D eigenvalue weighted by Gasteiger charge is -2.36. The lowest BCUT2D eigenvalue weighted by atomic mass is 9.68. The highest BCUT2D eigenvalue weighted by Gasteiger charge is 2.40. The van der Waals surface area contributed by atoms with Crippen molar-refractivity contribution in [3.63, 3.8) is 0 Å². The number of carboxylic acid groups (broad SMARTS) is 1. The largest absolute Gasteiger partial charge is 0.480 e. The molecule has 2 amide bonds. The summed E-state index contributed by atoms with van der Waals surface area (Å²) in [6.45, 7) is 21.6. The standard InChI is InChI=1S/C51H69N3O8S/c1-32(18-14-20-34(3)22-24-39-37(6)46(57)36(5)28-50(39,8)9)16-12-13-17-33(2)19-15-21-35(4)23-25-40-38(7)47(58)43(29-51(40,10)11)62-45(56)30-53-48(59)42(31-63)54-44(55)27-26-41(52)49(60)61/h12-25,36,41-43,63H,26-31,52H2,1-11H3,(H,53,59)(H,54,55)(H,60,61)/b13-12+,18-14+,19-15+,24-22+,25-23+,32-16+,33-17+,34-20+,35-21+. The molecule has 2 rings (SSSR count). The molecule has 4 unspecified atom stereocenters. The molecule has 0 saturated carbocycles. The molecular weight excluding hydrogens is 815 g/mol. The second-order valence-corrected chi connectivity index (χ2v) is 18.1. The molecule has 0 saturated heterocycles. The Labute approximate surface area is 380 Å². The maximum absolute atomic E-state index is 13.3. The highest BCUT2D eigenvalue weighted by molar-refractivity contribution is 7.80. The average Bonchev–Trinajstić information content (AvgIpc) is 3.20. The van der Waals surface area contributed by atoms with Crippen LogP contribution < -0.4 is 16.4 Å².